The number of sulfonamides is 1. The number of thiophene rings is 1. The highest BCUT2D eigenvalue weighted by Crippen LogP contribution is 2.15. The zero-order valence-corrected chi connectivity index (χ0v) is 12.1. The van der Waals surface area contributed by atoms with Crippen molar-refractivity contribution in [3.05, 3.63) is 21.9 Å². The molecule has 0 fully saturated rings. The molecule has 100 valence electrons. The van der Waals surface area contributed by atoms with Gasteiger partial charge >= 0.3 is 0 Å². The third-order valence-electron chi connectivity index (χ3n) is 1.97. The second-order valence-corrected chi connectivity index (χ2v) is 7.24. The molecular formula is C12H17NO3S2. The Morgan fingerprint density at radius 3 is 2.78 bits per heavy atom. The van der Waals surface area contributed by atoms with Crippen LogP contribution in [0.5, 0.6) is 0 Å². The van der Waals surface area contributed by atoms with Gasteiger partial charge in [-0.25, -0.2) is 13.1 Å². The molecule has 6 heteroatoms. The molecule has 1 rings (SSSR count). The van der Waals surface area contributed by atoms with E-state index in [-0.39, 0.29) is 18.3 Å². The standard InChI is InChI=1S/C12H17NO3S2/c1-10(2)9-18(15,16)13-8-12-6-5-11(17-12)4-3-7-14/h5-6,10,13-14H,7-9H2,1-2H3. The van der Waals surface area contributed by atoms with E-state index in [1.54, 1.807) is 0 Å². The van der Waals surface area contributed by atoms with Crippen LogP contribution >= 0.6 is 11.3 Å². The van der Waals surface area contributed by atoms with Crippen LogP contribution in [0.25, 0.3) is 0 Å². The predicted octanol–water partition coefficient (Wildman–Crippen LogP) is 1.17. The van der Waals surface area contributed by atoms with Gasteiger partial charge in [0.1, 0.15) is 6.61 Å². The van der Waals surface area contributed by atoms with Gasteiger partial charge in [0, 0.05) is 11.4 Å². The highest BCUT2D eigenvalue weighted by atomic mass is 32.2. The molecule has 0 bridgehead atoms. The summed E-state index contributed by atoms with van der Waals surface area (Å²) in [4.78, 5) is 1.73. The van der Waals surface area contributed by atoms with Crippen molar-refractivity contribution in [3.63, 3.8) is 0 Å². The van der Waals surface area contributed by atoms with Crippen LogP contribution in [-0.2, 0) is 16.6 Å². The number of aliphatic hydroxyl groups excluding tert-OH is 1. The average molecular weight is 287 g/mol. The van der Waals surface area contributed by atoms with Crippen molar-refractivity contribution in [1.29, 1.82) is 0 Å². The molecule has 0 spiro atoms. The lowest BCUT2D eigenvalue weighted by Crippen LogP contribution is -2.27. The summed E-state index contributed by atoms with van der Waals surface area (Å²) in [5.74, 6) is 5.58. The van der Waals surface area contributed by atoms with Crippen LogP contribution in [-0.4, -0.2) is 25.9 Å². The lowest BCUT2D eigenvalue weighted by Gasteiger charge is -2.07. The second-order valence-electron chi connectivity index (χ2n) is 4.22. The first-order chi connectivity index (χ1) is 8.43. The van der Waals surface area contributed by atoms with E-state index in [4.69, 9.17) is 5.11 Å². The zero-order valence-electron chi connectivity index (χ0n) is 10.4. The van der Waals surface area contributed by atoms with Gasteiger partial charge in [0.2, 0.25) is 10.0 Å². The van der Waals surface area contributed by atoms with Gasteiger partial charge in [-0.3, -0.25) is 0 Å². The van der Waals surface area contributed by atoms with Crippen molar-refractivity contribution in [3.8, 4) is 11.8 Å². The maximum absolute atomic E-state index is 11.6. The minimum absolute atomic E-state index is 0.108. The van der Waals surface area contributed by atoms with Crippen LogP contribution in [0.1, 0.15) is 23.6 Å². The molecule has 18 heavy (non-hydrogen) atoms. The third-order valence-corrected chi connectivity index (χ3v) is 4.66. The molecule has 2 N–H and O–H groups in total. The van der Waals surface area contributed by atoms with Crippen molar-refractivity contribution in [2.24, 2.45) is 5.92 Å². The monoisotopic (exact) mass is 287 g/mol. The molecule has 0 amide bonds. The van der Waals surface area contributed by atoms with Gasteiger partial charge in [-0.1, -0.05) is 25.7 Å². The molecule has 0 radical (unpaired) electrons. The molecule has 1 aromatic rings. The SMILES string of the molecule is CC(C)CS(=O)(=O)NCc1ccc(C#CCO)s1. The number of hydrogen-bond acceptors (Lipinski definition) is 4. The van der Waals surface area contributed by atoms with E-state index < -0.39 is 10.0 Å². The summed E-state index contributed by atoms with van der Waals surface area (Å²) in [5, 5.41) is 8.57. The van der Waals surface area contributed by atoms with Crippen LogP contribution in [0.2, 0.25) is 0 Å². The largest absolute Gasteiger partial charge is 0.384 e. The minimum Gasteiger partial charge on any atom is -0.384 e. The Bertz CT molecular complexity index is 535. The van der Waals surface area contributed by atoms with E-state index in [1.807, 2.05) is 26.0 Å². The van der Waals surface area contributed by atoms with Gasteiger partial charge in [-0.2, -0.15) is 0 Å². The molecule has 0 aliphatic rings. The van der Waals surface area contributed by atoms with Gasteiger partial charge in [-0.15, -0.1) is 11.3 Å². The predicted molar refractivity (Wildman–Crippen MR) is 73.7 cm³/mol. The molecule has 0 aliphatic heterocycles. The van der Waals surface area contributed by atoms with Crippen LogP contribution < -0.4 is 4.72 Å². The number of nitrogens with one attached hydrogen (secondary N) is 1. The molecular weight excluding hydrogens is 270 g/mol. The fourth-order valence-corrected chi connectivity index (χ4v) is 3.63. The van der Waals surface area contributed by atoms with Gasteiger partial charge < -0.3 is 5.11 Å². The fourth-order valence-electron chi connectivity index (χ4n) is 1.35. The first-order valence-corrected chi connectivity index (χ1v) is 8.05. The van der Waals surface area contributed by atoms with Gasteiger partial charge in [0.15, 0.2) is 0 Å². The number of rotatable bonds is 5. The fraction of sp³-hybridized carbons (Fsp3) is 0.500. The Morgan fingerprint density at radius 1 is 1.44 bits per heavy atom. The molecule has 1 aromatic heterocycles. The van der Waals surface area contributed by atoms with E-state index in [0.717, 1.165) is 9.75 Å². The van der Waals surface area contributed by atoms with E-state index in [9.17, 15) is 8.42 Å². The molecule has 4 nitrogen and oxygen atoms in total. The third kappa shape index (κ3) is 5.65. The maximum atomic E-state index is 11.6. The van der Waals surface area contributed by atoms with E-state index in [2.05, 4.69) is 16.6 Å². The highest BCUT2D eigenvalue weighted by molar-refractivity contribution is 7.89. The number of hydrogen-bond donors (Lipinski definition) is 2. The quantitative estimate of drug-likeness (QED) is 0.799. The lowest BCUT2D eigenvalue weighted by molar-refractivity contribution is 0.350. The van der Waals surface area contributed by atoms with Gasteiger partial charge in [0.25, 0.3) is 0 Å². The summed E-state index contributed by atoms with van der Waals surface area (Å²) in [5.41, 5.74) is 0. The smallest absolute Gasteiger partial charge is 0.212 e. The molecule has 1 heterocycles. The van der Waals surface area contributed by atoms with Crippen LogP contribution in [0.3, 0.4) is 0 Å². The first kappa shape index (κ1) is 15.2. The Kier molecular flexibility index (Phi) is 5.82. The topological polar surface area (TPSA) is 66.4 Å². The molecule has 0 saturated carbocycles. The molecule has 0 aliphatic carbocycles. The van der Waals surface area contributed by atoms with E-state index >= 15 is 0 Å². The Morgan fingerprint density at radius 2 is 2.17 bits per heavy atom. The van der Waals surface area contributed by atoms with Crippen molar-refractivity contribution in [2.45, 2.75) is 20.4 Å². The van der Waals surface area contributed by atoms with Crippen LogP contribution in [0.15, 0.2) is 12.1 Å². The summed E-state index contributed by atoms with van der Waals surface area (Å²) >= 11 is 1.42. The Labute approximate surface area is 112 Å². The zero-order chi connectivity index (χ0) is 13.6. The van der Waals surface area contributed by atoms with Crippen LogP contribution in [0, 0.1) is 17.8 Å². The van der Waals surface area contributed by atoms with Crippen molar-refractivity contribution in [2.75, 3.05) is 12.4 Å². The molecule has 0 saturated heterocycles. The average Bonchev–Trinajstić information content (AvgIpc) is 2.70. The minimum atomic E-state index is -3.21. The molecule has 0 atom stereocenters. The van der Waals surface area contributed by atoms with Crippen molar-refractivity contribution >= 4 is 21.4 Å². The molecule has 0 unspecified atom stereocenters. The summed E-state index contributed by atoms with van der Waals surface area (Å²) in [6.07, 6.45) is 0. The van der Waals surface area contributed by atoms with Crippen molar-refractivity contribution in [1.82, 2.24) is 4.72 Å². The summed E-state index contributed by atoms with van der Waals surface area (Å²) < 4.78 is 25.8. The Balaban J connectivity index is 2.56. The van der Waals surface area contributed by atoms with Gasteiger partial charge in [-0.05, 0) is 18.1 Å². The normalized spacial score (nSPS) is 11.3. The lowest BCUT2D eigenvalue weighted by atomic mass is 10.3. The van der Waals surface area contributed by atoms with E-state index in [1.165, 1.54) is 11.3 Å². The first-order valence-electron chi connectivity index (χ1n) is 5.58. The van der Waals surface area contributed by atoms with E-state index in [0.29, 0.717) is 6.54 Å². The molecule has 0 aromatic carbocycles. The highest BCUT2D eigenvalue weighted by Gasteiger charge is 2.12. The van der Waals surface area contributed by atoms with Crippen molar-refractivity contribution < 1.29 is 13.5 Å². The summed E-state index contributed by atoms with van der Waals surface area (Å²) in [7, 11) is -3.21. The Hall–Kier alpha value is -0.870. The van der Waals surface area contributed by atoms with Crippen LogP contribution in [0.4, 0.5) is 0 Å². The maximum Gasteiger partial charge on any atom is 0.212 e. The van der Waals surface area contributed by atoms with Gasteiger partial charge in [0.05, 0.1) is 10.6 Å². The second kappa shape index (κ2) is 6.90. The summed E-state index contributed by atoms with van der Waals surface area (Å²) in [6.45, 7) is 3.86. The number of aliphatic hydroxyl groups is 1. The summed E-state index contributed by atoms with van der Waals surface area (Å²) in [6, 6.07) is 3.66.